The molecule has 0 saturated heterocycles. The molecule has 29 heavy (non-hydrogen) atoms. The molecule has 0 radical (unpaired) electrons. The molecule has 2 rings (SSSR count). The Morgan fingerprint density at radius 1 is 1.10 bits per heavy atom. The molecule has 1 unspecified atom stereocenters. The number of methoxy groups -OCH3 is 1. The summed E-state index contributed by atoms with van der Waals surface area (Å²) in [7, 11) is -2.10. The van der Waals surface area contributed by atoms with E-state index < -0.39 is 22.0 Å². The van der Waals surface area contributed by atoms with Crippen LogP contribution < -0.4 is 19.1 Å². The average Bonchev–Trinajstić information content (AvgIpc) is 2.69. The van der Waals surface area contributed by atoms with Gasteiger partial charge in [-0.05, 0) is 55.0 Å². The van der Waals surface area contributed by atoms with Crippen LogP contribution in [-0.4, -0.2) is 46.9 Å². The summed E-state index contributed by atoms with van der Waals surface area (Å²) in [5, 5.41) is 3.22. The molecule has 0 fully saturated rings. The largest absolute Gasteiger partial charge is 0.497 e. The molecule has 0 bridgehead atoms. The third-order valence-corrected chi connectivity index (χ3v) is 5.57. The monoisotopic (exact) mass is 440 g/mol. The molecular weight excluding hydrogens is 416 g/mol. The van der Waals surface area contributed by atoms with Gasteiger partial charge in [0.25, 0.3) is 0 Å². The molecule has 0 saturated carbocycles. The zero-order valence-electron chi connectivity index (χ0n) is 16.6. The molecular formula is C20H25ClN2O5S. The molecule has 2 aromatic carbocycles. The van der Waals surface area contributed by atoms with Crippen LogP contribution in [0.3, 0.4) is 0 Å². The second-order valence-corrected chi connectivity index (χ2v) is 8.57. The first-order valence-electron chi connectivity index (χ1n) is 9.05. The molecule has 0 aromatic heterocycles. The highest BCUT2D eigenvalue weighted by molar-refractivity contribution is 7.92. The van der Waals surface area contributed by atoms with Gasteiger partial charge in [-0.25, -0.2) is 8.42 Å². The number of rotatable bonds is 10. The minimum Gasteiger partial charge on any atom is -0.497 e. The summed E-state index contributed by atoms with van der Waals surface area (Å²) in [6.45, 7) is 2.24. The SMILES string of the molecule is CCC(C(=O)NCCOc1ccc(OC)cc1)N(c1ccc(Cl)cc1)S(C)(=O)=O. The number of carbonyl (C=O) groups excluding carboxylic acids is 1. The molecule has 0 spiro atoms. The van der Waals surface area contributed by atoms with Gasteiger partial charge < -0.3 is 14.8 Å². The van der Waals surface area contributed by atoms with Crippen LogP contribution in [0.4, 0.5) is 5.69 Å². The summed E-state index contributed by atoms with van der Waals surface area (Å²) in [6.07, 6.45) is 1.38. The fraction of sp³-hybridized carbons (Fsp3) is 0.350. The predicted molar refractivity (Wildman–Crippen MR) is 114 cm³/mol. The van der Waals surface area contributed by atoms with Gasteiger partial charge >= 0.3 is 0 Å². The van der Waals surface area contributed by atoms with E-state index in [0.717, 1.165) is 16.3 Å². The molecule has 158 valence electrons. The van der Waals surface area contributed by atoms with Crippen molar-refractivity contribution < 1.29 is 22.7 Å². The third-order valence-electron chi connectivity index (χ3n) is 4.14. The number of nitrogens with zero attached hydrogens (tertiary/aromatic N) is 1. The number of carbonyl (C=O) groups is 1. The van der Waals surface area contributed by atoms with Gasteiger partial charge in [0.2, 0.25) is 15.9 Å². The average molecular weight is 441 g/mol. The summed E-state index contributed by atoms with van der Waals surface area (Å²) in [6, 6.07) is 12.5. The lowest BCUT2D eigenvalue weighted by Gasteiger charge is -2.30. The number of nitrogens with one attached hydrogen (secondary N) is 1. The number of anilines is 1. The van der Waals surface area contributed by atoms with Crippen LogP contribution in [0, 0.1) is 0 Å². The van der Waals surface area contributed by atoms with Crippen LogP contribution in [0.25, 0.3) is 0 Å². The number of ether oxygens (including phenoxy) is 2. The molecule has 2 aromatic rings. The maximum atomic E-state index is 12.7. The van der Waals surface area contributed by atoms with E-state index in [1.54, 1.807) is 62.6 Å². The summed E-state index contributed by atoms with van der Waals surface area (Å²) in [5.41, 5.74) is 0.383. The highest BCUT2D eigenvalue weighted by atomic mass is 35.5. The molecule has 0 heterocycles. The van der Waals surface area contributed by atoms with Gasteiger partial charge in [0.1, 0.15) is 24.1 Å². The van der Waals surface area contributed by atoms with E-state index in [2.05, 4.69) is 5.32 Å². The Balaban J connectivity index is 2.00. The number of hydrogen-bond donors (Lipinski definition) is 1. The first-order chi connectivity index (χ1) is 13.8. The van der Waals surface area contributed by atoms with Crippen LogP contribution in [0.1, 0.15) is 13.3 Å². The normalized spacial score (nSPS) is 12.1. The van der Waals surface area contributed by atoms with E-state index in [0.29, 0.717) is 22.9 Å². The Morgan fingerprint density at radius 2 is 1.69 bits per heavy atom. The quantitative estimate of drug-likeness (QED) is 0.574. The summed E-state index contributed by atoms with van der Waals surface area (Å²) < 4.78 is 36.5. The predicted octanol–water partition coefficient (Wildman–Crippen LogP) is 3.09. The molecule has 0 aliphatic rings. The minimum atomic E-state index is -3.68. The van der Waals surface area contributed by atoms with E-state index in [9.17, 15) is 13.2 Å². The Labute approximate surface area is 176 Å². The van der Waals surface area contributed by atoms with E-state index in [1.807, 2.05) is 0 Å². The summed E-state index contributed by atoms with van der Waals surface area (Å²) in [5.74, 6) is 0.969. The van der Waals surface area contributed by atoms with Gasteiger partial charge in [-0.15, -0.1) is 0 Å². The number of amides is 1. The smallest absolute Gasteiger partial charge is 0.244 e. The minimum absolute atomic E-state index is 0.236. The van der Waals surface area contributed by atoms with Crippen LogP contribution >= 0.6 is 11.6 Å². The van der Waals surface area contributed by atoms with E-state index in [4.69, 9.17) is 21.1 Å². The van der Waals surface area contributed by atoms with Gasteiger partial charge in [-0.1, -0.05) is 18.5 Å². The molecule has 1 amide bonds. The van der Waals surface area contributed by atoms with Crippen LogP contribution in [0.5, 0.6) is 11.5 Å². The first-order valence-corrected chi connectivity index (χ1v) is 11.3. The van der Waals surface area contributed by atoms with E-state index in [1.165, 1.54) is 0 Å². The highest BCUT2D eigenvalue weighted by Crippen LogP contribution is 2.24. The second kappa shape index (κ2) is 10.4. The highest BCUT2D eigenvalue weighted by Gasteiger charge is 2.31. The van der Waals surface area contributed by atoms with Gasteiger partial charge in [-0.2, -0.15) is 0 Å². The summed E-state index contributed by atoms with van der Waals surface area (Å²) >= 11 is 5.89. The van der Waals surface area contributed by atoms with Crippen molar-refractivity contribution in [3.05, 3.63) is 53.6 Å². The Kier molecular flexibility index (Phi) is 8.16. The maximum absolute atomic E-state index is 12.7. The van der Waals surface area contributed by atoms with Crippen molar-refractivity contribution >= 4 is 33.2 Å². The van der Waals surface area contributed by atoms with Crippen molar-refractivity contribution in [3.8, 4) is 11.5 Å². The van der Waals surface area contributed by atoms with Crippen LogP contribution in [0.2, 0.25) is 5.02 Å². The standard InChI is InChI=1S/C20H25ClN2O5S/c1-4-19(23(29(3,25)26)16-7-5-15(21)6-8-16)20(24)22-13-14-28-18-11-9-17(27-2)10-12-18/h5-12,19H,4,13-14H2,1-3H3,(H,22,24). The lowest BCUT2D eigenvalue weighted by Crippen LogP contribution is -2.50. The maximum Gasteiger partial charge on any atom is 0.244 e. The summed E-state index contributed by atoms with van der Waals surface area (Å²) in [4.78, 5) is 12.7. The molecule has 1 atom stereocenters. The number of halogens is 1. The molecule has 1 N–H and O–H groups in total. The van der Waals surface area contributed by atoms with E-state index >= 15 is 0 Å². The zero-order chi connectivity index (χ0) is 21.4. The van der Waals surface area contributed by atoms with E-state index in [-0.39, 0.29) is 13.2 Å². The third kappa shape index (κ3) is 6.54. The fourth-order valence-corrected chi connectivity index (χ4v) is 4.12. The first kappa shape index (κ1) is 22.8. The van der Waals surface area contributed by atoms with Crippen molar-refractivity contribution in [2.75, 3.05) is 30.8 Å². The van der Waals surface area contributed by atoms with Crippen molar-refractivity contribution in [1.29, 1.82) is 0 Å². The van der Waals surface area contributed by atoms with Gasteiger partial charge in [0, 0.05) is 5.02 Å². The number of benzene rings is 2. The molecule has 0 aliphatic heterocycles. The Morgan fingerprint density at radius 3 is 2.21 bits per heavy atom. The lowest BCUT2D eigenvalue weighted by molar-refractivity contribution is -0.122. The molecule has 7 nitrogen and oxygen atoms in total. The fourth-order valence-electron chi connectivity index (χ4n) is 2.78. The van der Waals surface area contributed by atoms with Crippen LogP contribution in [0.15, 0.2) is 48.5 Å². The zero-order valence-corrected chi connectivity index (χ0v) is 18.2. The second-order valence-electron chi connectivity index (χ2n) is 6.27. The molecule has 0 aliphatic carbocycles. The van der Waals surface area contributed by atoms with Crippen molar-refractivity contribution in [1.82, 2.24) is 5.32 Å². The Bertz CT molecular complexity index is 901. The number of hydrogen-bond acceptors (Lipinski definition) is 5. The van der Waals surface area contributed by atoms with Crippen LogP contribution in [-0.2, 0) is 14.8 Å². The van der Waals surface area contributed by atoms with Crippen molar-refractivity contribution in [2.45, 2.75) is 19.4 Å². The molecule has 9 heteroatoms. The van der Waals surface area contributed by atoms with Crippen molar-refractivity contribution in [3.63, 3.8) is 0 Å². The topological polar surface area (TPSA) is 84.9 Å². The van der Waals surface area contributed by atoms with Gasteiger partial charge in [0.05, 0.1) is 25.6 Å². The lowest BCUT2D eigenvalue weighted by atomic mass is 10.2. The van der Waals surface area contributed by atoms with Gasteiger partial charge in [0.15, 0.2) is 0 Å². The Hall–Kier alpha value is -2.45. The van der Waals surface area contributed by atoms with Gasteiger partial charge in [-0.3, -0.25) is 9.10 Å². The number of sulfonamides is 1. The van der Waals surface area contributed by atoms with Crippen molar-refractivity contribution in [2.24, 2.45) is 0 Å².